The minimum atomic E-state index is 0.393. The first kappa shape index (κ1) is 24.9. The summed E-state index contributed by atoms with van der Waals surface area (Å²) in [6.07, 6.45) is 0.754. The summed E-state index contributed by atoms with van der Waals surface area (Å²) in [5.74, 6) is 2.55. The van der Waals surface area contributed by atoms with Crippen LogP contribution in [0.15, 0.2) is 59.6 Å². The predicted octanol–water partition coefficient (Wildman–Crippen LogP) is 4.50. The molecule has 178 valence electrons. The number of rotatable bonds is 8. The summed E-state index contributed by atoms with van der Waals surface area (Å²) in [5, 5.41) is 9.84. The topological polar surface area (TPSA) is 92.7 Å². The van der Waals surface area contributed by atoms with Gasteiger partial charge >= 0.3 is 0 Å². The van der Waals surface area contributed by atoms with Crippen LogP contribution in [0, 0.1) is 13.8 Å². The average molecular weight is 479 g/mol. The Kier molecular flexibility index (Phi) is 9.16. The standard InChI is InChI=1S/C25H30N6O2S/c1-5-33-22-12-8-20(9-13-22)29-25(34)31-23(30-24-27-17(2)16-18(3)28-24)26-15-14-19-6-10-21(32-4)11-7-19/h6-13,16H,5,14-15H2,1-4H3,(H3,26,27,28,29,30,31,34). The lowest BCUT2D eigenvalue weighted by atomic mass is 10.1. The van der Waals surface area contributed by atoms with Gasteiger partial charge < -0.3 is 20.1 Å². The van der Waals surface area contributed by atoms with Crippen LogP contribution in [0.4, 0.5) is 11.6 Å². The third-order valence-electron chi connectivity index (χ3n) is 4.70. The van der Waals surface area contributed by atoms with Crippen LogP contribution in [0.25, 0.3) is 0 Å². The van der Waals surface area contributed by atoms with Crippen LogP contribution in [-0.4, -0.2) is 41.3 Å². The van der Waals surface area contributed by atoms with Gasteiger partial charge in [-0.2, -0.15) is 0 Å². The summed E-state index contributed by atoms with van der Waals surface area (Å²) < 4.78 is 10.7. The highest BCUT2D eigenvalue weighted by molar-refractivity contribution is 7.80. The van der Waals surface area contributed by atoms with Crippen LogP contribution in [0.1, 0.15) is 23.9 Å². The van der Waals surface area contributed by atoms with Gasteiger partial charge in [0.15, 0.2) is 5.11 Å². The lowest BCUT2D eigenvalue weighted by Gasteiger charge is -2.14. The number of thiocarbonyl (C=S) groups is 1. The van der Waals surface area contributed by atoms with Crippen LogP contribution in [0.2, 0.25) is 0 Å². The molecule has 0 saturated heterocycles. The molecule has 0 unspecified atom stereocenters. The Balaban J connectivity index is 1.68. The molecule has 0 radical (unpaired) electrons. The molecule has 0 atom stereocenters. The van der Waals surface area contributed by atoms with Crippen molar-refractivity contribution < 1.29 is 9.47 Å². The Bertz CT molecular complexity index is 1100. The number of hydrogen-bond donors (Lipinski definition) is 3. The van der Waals surface area contributed by atoms with Crippen LogP contribution >= 0.6 is 12.2 Å². The monoisotopic (exact) mass is 478 g/mol. The number of nitrogens with zero attached hydrogens (tertiary/aromatic N) is 3. The van der Waals surface area contributed by atoms with Gasteiger partial charge in [-0.3, -0.25) is 10.3 Å². The van der Waals surface area contributed by atoms with Crippen LogP contribution in [0.3, 0.4) is 0 Å². The summed E-state index contributed by atoms with van der Waals surface area (Å²) in [6.45, 7) is 6.96. The van der Waals surface area contributed by atoms with Crippen LogP contribution < -0.4 is 25.4 Å². The number of ether oxygens (including phenoxy) is 2. The van der Waals surface area contributed by atoms with Gasteiger partial charge in [0.05, 0.1) is 13.7 Å². The molecule has 0 fully saturated rings. The lowest BCUT2D eigenvalue weighted by Crippen LogP contribution is -2.39. The molecular weight excluding hydrogens is 448 g/mol. The van der Waals surface area contributed by atoms with Gasteiger partial charge in [-0.05, 0) is 87.4 Å². The fraction of sp³-hybridized carbons (Fsp3) is 0.280. The van der Waals surface area contributed by atoms with E-state index in [2.05, 4.69) is 30.9 Å². The van der Waals surface area contributed by atoms with Gasteiger partial charge in [0.25, 0.3) is 0 Å². The van der Waals surface area contributed by atoms with Crippen molar-refractivity contribution in [1.82, 2.24) is 15.3 Å². The summed E-state index contributed by atoms with van der Waals surface area (Å²) in [4.78, 5) is 13.6. The second kappa shape index (κ2) is 12.5. The molecule has 0 aliphatic rings. The minimum Gasteiger partial charge on any atom is -0.497 e. The highest BCUT2D eigenvalue weighted by Gasteiger charge is 2.08. The van der Waals surface area contributed by atoms with Crippen LogP contribution in [0.5, 0.6) is 11.5 Å². The molecule has 0 aliphatic carbocycles. The van der Waals surface area contributed by atoms with Crippen molar-refractivity contribution in [1.29, 1.82) is 0 Å². The molecule has 2 aromatic carbocycles. The molecule has 1 heterocycles. The van der Waals surface area contributed by atoms with Crippen molar-refractivity contribution in [3.8, 4) is 11.5 Å². The van der Waals surface area contributed by atoms with E-state index >= 15 is 0 Å². The number of aryl methyl sites for hydroxylation is 2. The normalized spacial score (nSPS) is 11.0. The lowest BCUT2D eigenvalue weighted by molar-refractivity contribution is 0.340. The van der Waals surface area contributed by atoms with Gasteiger partial charge in [0, 0.05) is 23.6 Å². The molecule has 9 heteroatoms. The molecule has 3 aromatic rings. The zero-order chi connectivity index (χ0) is 24.3. The summed E-state index contributed by atoms with van der Waals surface area (Å²) in [6, 6.07) is 17.4. The van der Waals surface area contributed by atoms with Gasteiger partial charge in [-0.15, -0.1) is 0 Å². The molecule has 0 bridgehead atoms. The molecule has 0 amide bonds. The fourth-order valence-electron chi connectivity index (χ4n) is 3.16. The molecule has 0 spiro atoms. The first-order valence-electron chi connectivity index (χ1n) is 11.0. The zero-order valence-electron chi connectivity index (χ0n) is 19.9. The molecule has 0 aliphatic heterocycles. The minimum absolute atomic E-state index is 0.393. The first-order chi connectivity index (χ1) is 16.4. The van der Waals surface area contributed by atoms with Gasteiger partial charge in [0.2, 0.25) is 11.9 Å². The highest BCUT2D eigenvalue weighted by Crippen LogP contribution is 2.15. The molecule has 8 nitrogen and oxygen atoms in total. The molecular formula is C25H30N6O2S. The molecule has 3 rings (SSSR count). The number of methoxy groups -OCH3 is 1. The molecule has 34 heavy (non-hydrogen) atoms. The first-order valence-corrected chi connectivity index (χ1v) is 11.4. The van der Waals surface area contributed by atoms with E-state index in [0.717, 1.165) is 40.6 Å². The fourth-order valence-corrected chi connectivity index (χ4v) is 3.37. The number of hydrogen-bond acceptors (Lipinski definition) is 6. The second-order valence-corrected chi connectivity index (χ2v) is 7.87. The van der Waals surface area contributed by atoms with E-state index in [1.807, 2.05) is 75.4 Å². The maximum absolute atomic E-state index is 5.51. The van der Waals surface area contributed by atoms with E-state index in [1.165, 1.54) is 0 Å². The third-order valence-corrected chi connectivity index (χ3v) is 4.90. The quantitative estimate of drug-likeness (QED) is 0.248. The molecule has 1 aromatic heterocycles. The largest absolute Gasteiger partial charge is 0.497 e. The van der Waals surface area contributed by atoms with Crippen LogP contribution in [-0.2, 0) is 6.42 Å². The van der Waals surface area contributed by atoms with Gasteiger partial charge in [0.1, 0.15) is 11.5 Å². The Labute approximate surface area is 205 Å². The Morgan fingerprint density at radius 2 is 1.59 bits per heavy atom. The number of nitrogens with one attached hydrogen (secondary N) is 3. The summed E-state index contributed by atoms with van der Waals surface area (Å²) in [7, 11) is 1.66. The Morgan fingerprint density at radius 3 is 2.21 bits per heavy atom. The number of aliphatic imine (C=N–C) groups is 1. The van der Waals surface area contributed by atoms with Crippen molar-refractivity contribution in [2.24, 2.45) is 4.99 Å². The van der Waals surface area contributed by atoms with E-state index < -0.39 is 0 Å². The van der Waals surface area contributed by atoms with Crippen molar-refractivity contribution in [3.05, 3.63) is 71.5 Å². The van der Waals surface area contributed by atoms with E-state index in [1.54, 1.807) is 7.11 Å². The molecule has 3 N–H and O–H groups in total. The number of benzene rings is 2. The maximum Gasteiger partial charge on any atom is 0.229 e. The number of anilines is 2. The van der Waals surface area contributed by atoms with E-state index in [9.17, 15) is 0 Å². The smallest absolute Gasteiger partial charge is 0.229 e. The van der Waals surface area contributed by atoms with E-state index in [4.69, 9.17) is 21.7 Å². The summed E-state index contributed by atoms with van der Waals surface area (Å²) >= 11 is 5.51. The number of aromatic nitrogens is 2. The second-order valence-electron chi connectivity index (χ2n) is 7.46. The van der Waals surface area contributed by atoms with Crippen molar-refractivity contribution in [2.75, 3.05) is 30.9 Å². The Hall–Kier alpha value is -3.72. The third kappa shape index (κ3) is 8.00. The van der Waals surface area contributed by atoms with E-state index in [-0.39, 0.29) is 0 Å². The van der Waals surface area contributed by atoms with Gasteiger partial charge in [-0.1, -0.05) is 12.1 Å². The predicted molar refractivity (Wildman–Crippen MR) is 141 cm³/mol. The zero-order valence-corrected chi connectivity index (χ0v) is 20.7. The maximum atomic E-state index is 5.51. The molecule has 0 saturated carbocycles. The van der Waals surface area contributed by atoms with E-state index in [0.29, 0.717) is 30.2 Å². The SMILES string of the molecule is CCOc1ccc(NC(=S)NC(=NCCc2ccc(OC)cc2)Nc2nc(C)cc(C)n2)cc1. The van der Waals surface area contributed by atoms with Crippen molar-refractivity contribution >= 4 is 34.9 Å². The average Bonchev–Trinajstić information content (AvgIpc) is 2.80. The number of guanidine groups is 1. The Morgan fingerprint density at radius 1 is 0.941 bits per heavy atom. The van der Waals surface area contributed by atoms with Crippen molar-refractivity contribution in [3.63, 3.8) is 0 Å². The summed E-state index contributed by atoms with van der Waals surface area (Å²) in [5.41, 5.74) is 3.72. The highest BCUT2D eigenvalue weighted by atomic mass is 32.1. The van der Waals surface area contributed by atoms with Crippen molar-refractivity contribution in [2.45, 2.75) is 27.2 Å². The van der Waals surface area contributed by atoms with Gasteiger partial charge in [-0.25, -0.2) is 9.97 Å².